The van der Waals surface area contributed by atoms with E-state index in [1.54, 1.807) is 30.3 Å². The highest BCUT2D eigenvalue weighted by atomic mass is 19.4. The van der Waals surface area contributed by atoms with Crippen molar-refractivity contribution < 1.29 is 22.8 Å². The van der Waals surface area contributed by atoms with Gasteiger partial charge in [-0.3, -0.25) is 4.79 Å². The van der Waals surface area contributed by atoms with E-state index >= 15 is 0 Å². The first-order valence-electron chi connectivity index (χ1n) is 7.10. The third kappa shape index (κ3) is 2.84. The topological polar surface area (TPSA) is 41.9 Å². The molecule has 0 radical (unpaired) electrons. The molecule has 24 heavy (non-hydrogen) atoms. The van der Waals surface area contributed by atoms with Crippen LogP contribution >= 0.6 is 0 Å². The smallest absolute Gasteiger partial charge is 0.398 e. The Morgan fingerprint density at radius 1 is 1.12 bits per heavy atom. The maximum absolute atomic E-state index is 12.8. The quantitative estimate of drug-likeness (QED) is 0.805. The molecule has 7 heteroatoms. The molecule has 3 rings (SSSR count). The van der Waals surface area contributed by atoms with E-state index in [9.17, 15) is 18.0 Å². The Morgan fingerprint density at radius 3 is 2.58 bits per heavy atom. The van der Waals surface area contributed by atoms with E-state index in [-0.39, 0.29) is 12.3 Å². The number of anilines is 1. The number of hydrogen-bond acceptors (Lipinski definition) is 3. The Balaban J connectivity index is 1.97. The highest BCUT2D eigenvalue weighted by Gasteiger charge is 2.35. The standard InChI is InChI=1S/C17H13F3N2O2/c1-24-21-15-13-7-2-3-8-14(13)22(16(15)23)10-11-5-4-6-12(9-11)17(18,19)20/h2-9H,10H2,1H3/b21-15-. The second-order valence-corrected chi connectivity index (χ2v) is 5.23. The van der Waals surface area contributed by atoms with Crippen LogP contribution in [0.15, 0.2) is 53.7 Å². The number of halogens is 3. The van der Waals surface area contributed by atoms with E-state index in [0.717, 1.165) is 12.1 Å². The van der Waals surface area contributed by atoms with Gasteiger partial charge in [0.05, 0.1) is 17.8 Å². The first-order valence-corrected chi connectivity index (χ1v) is 7.10. The molecule has 0 saturated carbocycles. The average molecular weight is 334 g/mol. The lowest BCUT2D eigenvalue weighted by atomic mass is 10.1. The Hall–Kier alpha value is -2.83. The molecule has 2 aromatic rings. The van der Waals surface area contributed by atoms with Crippen LogP contribution in [-0.4, -0.2) is 18.7 Å². The van der Waals surface area contributed by atoms with Gasteiger partial charge in [0.15, 0.2) is 5.71 Å². The fourth-order valence-corrected chi connectivity index (χ4v) is 2.63. The van der Waals surface area contributed by atoms with E-state index in [2.05, 4.69) is 5.16 Å². The van der Waals surface area contributed by atoms with E-state index in [4.69, 9.17) is 4.84 Å². The van der Waals surface area contributed by atoms with Gasteiger partial charge in [0.25, 0.3) is 5.91 Å². The lowest BCUT2D eigenvalue weighted by molar-refractivity contribution is -0.137. The Kier molecular flexibility index (Phi) is 4.01. The third-order valence-corrected chi connectivity index (χ3v) is 3.68. The molecule has 124 valence electrons. The van der Waals surface area contributed by atoms with Crippen LogP contribution in [0.1, 0.15) is 16.7 Å². The van der Waals surface area contributed by atoms with Crippen molar-refractivity contribution in [3.8, 4) is 0 Å². The van der Waals surface area contributed by atoms with Crippen molar-refractivity contribution in [2.75, 3.05) is 12.0 Å². The summed E-state index contributed by atoms with van der Waals surface area (Å²) in [7, 11) is 1.33. The molecule has 0 fully saturated rings. The predicted octanol–water partition coefficient (Wildman–Crippen LogP) is 3.60. The summed E-state index contributed by atoms with van der Waals surface area (Å²) >= 11 is 0. The number of alkyl halides is 3. The van der Waals surface area contributed by atoms with Gasteiger partial charge >= 0.3 is 6.18 Å². The number of fused-ring (bicyclic) bond motifs is 1. The number of rotatable bonds is 3. The van der Waals surface area contributed by atoms with Crippen LogP contribution in [-0.2, 0) is 22.4 Å². The van der Waals surface area contributed by atoms with Crippen molar-refractivity contribution in [1.82, 2.24) is 0 Å². The Labute approximate surface area is 136 Å². The van der Waals surface area contributed by atoms with Gasteiger partial charge in [-0.2, -0.15) is 13.2 Å². The third-order valence-electron chi connectivity index (χ3n) is 3.68. The van der Waals surface area contributed by atoms with E-state index in [1.165, 1.54) is 18.1 Å². The number of benzene rings is 2. The van der Waals surface area contributed by atoms with Gasteiger partial charge in [0.2, 0.25) is 0 Å². The molecule has 1 aliphatic rings. The van der Waals surface area contributed by atoms with Crippen molar-refractivity contribution in [1.29, 1.82) is 0 Å². The number of carbonyl (C=O) groups excluding carboxylic acids is 1. The highest BCUT2D eigenvalue weighted by Crippen LogP contribution is 2.33. The van der Waals surface area contributed by atoms with E-state index in [1.807, 2.05) is 0 Å². The van der Waals surface area contributed by atoms with Gasteiger partial charge in [0.1, 0.15) is 7.11 Å². The van der Waals surface area contributed by atoms with Gasteiger partial charge in [-0.05, 0) is 23.8 Å². The number of hydrogen-bond donors (Lipinski definition) is 0. The number of para-hydroxylation sites is 1. The normalized spacial score (nSPS) is 15.8. The molecule has 0 spiro atoms. The summed E-state index contributed by atoms with van der Waals surface area (Å²) < 4.78 is 38.5. The zero-order valence-electron chi connectivity index (χ0n) is 12.7. The summed E-state index contributed by atoms with van der Waals surface area (Å²) in [5.74, 6) is -0.407. The van der Waals surface area contributed by atoms with Gasteiger partial charge in [0, 0.05) is 5.56 Å². The molecule has 1 amide bonds. The van der Waals surface area contributed by atoms with Crippen LogP contribution in [0.5, 0.6) is 0 Å². The summed E-state index contributed by atoms with van der Waals surface area (Å²) in [5.41, 5.74) is 0.962. The van der Waals surface area contributed by atoms with Crippen molar-refractivity contribution in [3.63, 3.8) is 0 Å². The van der Waals surface area contributed by atoms with Crippen LogP contribution in [0.25, 0.3) is 0 Å². The van der Waals surface area contributed by atoms with E-state index in [0.29, 0.717) is 16.8 Å². The fraction of sp³-hybridized carbons (Fsp3) is 0.176. The van der Waals surface area contributed by atoms with Gasteiger partial charge in [-0.25, -0.2) is 0 Å². The van der Waals surface area contributed by atoms with Crippen molar-refractivity contribution in [2.45, 2.75) is 12.7 Å². The molecular weight excluding hydrogens is 321 g/mol. The van der Waals surface area contributed by atoms with Crippen molar-refractivity contribution in [3.05, 3.63) is 65.2 Å². The molecule has 2 aromatic carbocycles. The molecular formula is C17H13F3N2O2. The molecule has 0 bridgehead atoms. The molecule has 0 saturated heterocycles. The number of amides is 1. The highest BCUT2D eigenvalue weighted by molar-refractivity contribution is 6.54. The van der Waals surface area contributed by atoms with Gasteiger partial charge in [-0.15, -0.1) is 0 Å². The van der Waals surface area contributed by atoms with Crippen LogP contribution in [0.2, 0.25) is 0 Å². The Morgan fingerprint density at radius 2 is 1.88 bits per heavy atom. The molecule has 0 atom stereocenters. The number of nitrogens with zero attached hydrogens (tertiary/aromatic N) is 2. The minimum Gasteiger partial charge on any atom is -0.398 e. The monoisotopic (exact) mass is 334 g/mol. The number of carbonyl (C=O) groups is 1. The first-order chi connectivity index (χ1) is 11.4. The summed E-state index contributed by atoms with van der Waals surface area (Å²) in [6.07, 6.45) is -4.42. The molecule has 0 N–H and O–H groups in total. The minimum atomic E-state index is -4.42. The fourth-order valence-electron chi connectivity index (χ4n) is 2.63. The summed E-state index contributed by atoms with van der Waals surface area (Å²) in [6.45, 7) is 0.0164. The van der Waals surface area contributed by atoms with Crippen LogP contribution in [0.3, 0.4) is 0 Å². The van der Waals surface area contributed by atoms with Crippen molar-refractivity contribution >= 4 is 17.3 Å². The molecule has 4 nitrogen and oxygen atoms in total. The SMILES string of the molecule is CO/N=C1\C(=O)N(Cc2cccc(C(F)(F)F)c2)c2ccccc21. The molecule has 1 aliphatic heterocycles. The van der Waals surface area contributed by atoms with E-state index < -0.39 is 17.6 Å². The maximum Gasteiger partial charge on any atom is 0.416 e. The first kappa shape index (κ1) is 16.0. The molecule has 0 aromatic heterocycles. The van der Waals surface area contributed by atoms with Crippen LogP contribution in [0, 0.1) is 0 Å². The summed E-state index contributed by atoms with van der Waals surface area (Å²) in [4.78, 5) is 18.6. The minimum absolute atomic E-state index is 0.0164. The predicted molar refractivity (Wildman–Crippen MR) is 82.6 cm³/mol. The number of oxime groups is 1. The zero-order chi connectivity index (χ0) is 17.3. The van der Waals surface area contributed by atoms with Crippen molar-refractivity contribution in [2.24, 2.45) is 5.16 Å². The second kappa shape index (κ2) is 5.99. The average Bonchev–Trinajstić information content (AvgIpc) is 2.81. The zero-order valence-corrected chi connectivity index (χ0v) is 12.7. The summed E-state index contributed by atoms with van der Waals surface area (Å²) in [6, 6.07) is 11.9. The summed E-state index contributed by atoms with van der Waals surface area (Å²) in [5, 5.41) is 3.74. The molecule has 0 aliphatic carbocycles. The molecule has 0 unspecified atom stereocenters. The molecule has 1 heterocycles. The maximum atomic E-state index is 12.8. The van der Waals surface area contributed by atoms with Gasteiger partial charge in [-0.1, -0.05) is 35.5 Å². The van der Waals surface area contributed by atoms with Crippen LogP contribution < -0.4 is 4.90 Å². The van der Waals surface area contributed by atoms with Crippen LogP contribution in [0.4, 0.5) is 18.9 Å². The lowest BCUT2D eigenvalue weighted by Crippen LogP contribution is -2.29. The largest absolute Gasteiger partial charge is 0.416 e. The second-order valence-electron chi connectivity index (χ2n) is 5.23. The lowest BCUT2D eigenvalue weighted by Gasteiger charge is -2.17. The van der Waals surface area contributed by atoms with Gasteiger partial charge < -0.3 is 9.74 Å². The Bertz CT molecular complexity index is 815.